The van der Waals surface area contributed by atoms with E-state index in [2.05, 4.69) is 15.0 Å². The molecule has 0 amide bonds. The summed E-state index contributed by atoms with van der Waals surface area (Å²) in [6.45, 7) is 1.50. The number of oxazole rings is 1. The number of hydrogen-bond acceptors (Lipinski definition) is 5. The molecule has 0 radical (unpaired) electrons. The van der Waals surface area contributed by atoms with Crippen LogP contribution in [-0.2, 0) is 12.7 Å². The van der Waals surface area contributed by atoms with Gasteiger partial charge in [-0.1, -0.05) is 40.9 Å². The van der Waals surface area contributed by atoms with E-state index >= 15 is 0 Å². The lowest BCUT2D eigenvalue weighted by Crippen LogP contribution is -2.18. The average Bonchev–Trinajstić information content (AvgIpc) is 3.44. The standard InChI is InChI=1S/C25H15Cl2F3N4O2/c1-13-2-5-19-16(8-13)21(22(35)20-10-32-24(36-20)18-6-7-31-12-33-18)23(25(28,29)30)34(19)11-14-3-4-15(26)9-17(14)27/h2-10,12H,11H2,1H3. The van der Waals surface area contributed by atoms with Crippen molar-refractivity contribution in [1.29, 1.82) is 0 Å². The Labute approximate surface area is 212 Å². The van der Waals surface area contributed by atoms with Crippen molar-refractivity contribution in [2.45, 2.75) is 19.6 Å². The summed E-state index contributed by atoms with van der Waals surface area (Å²) in [4.78, 5) is 25.3. The van der Waals surface area contributed by atoms with E-state index in [0.29, 0.717) is 16.1 Å². The first kappa shape index (κ1) is 24.0. The van der Waals surface area contributed by atoms with Crippen LogP contribution in [0.3, 0.4) is 0 Å². The SMILES string of the molecule is Cc1ccc2c(c1)c(C(=O)c1cnc(-c3ccncn3)o1)c(C(F)(F)F)n2Cc1ccc(Cl)cc1Cl. The van der Waals surface area contributed by atoms with Crippen LogP contribution in [0, 0.1) is 6.92 Å². The van der Waals surface area contributed by atoms with Crippen molar-refractivity contribution in [2.24, 2.45) is 0 Å². The number of aromatic nitrogens is 4. The number of halogens is 5. The number of hydrogen-bond donors (Lipinski definition) is 0. The van der Waals surface area contributed by atoms with Gasteiger partial charge in [0.25, 0.3) is 0 Å². The molecule has 182 valence electrons. The van der Waals surface area contributed by atoms with Gasteiger partial charge in [0, 0.05) is 33.7 Å². The lowest BCUT2D eigenvalue weighted by Gasteiger charge is -2.15. The molecule has 5 rings (SSSR count). The van der Waals surface area contributed by atoms with Gasteiger partial charge in [0.05, 0.1) is 11.8 Å². The van der Waals surface area contributed by atoms with Gasteiger partial charge in [-0.25, -0.2) is 15.0 Å². The van der Waals surface area contributed by atoms with E-state index in [9.17, 15) is 18.0 Å². The van der Waals surface area contributed by atoms with Gasteiger partial charge in [-0.15, -0.1) is 0 Å². The van der Waals surface area contributed by atoms with Gasteiger partial charge in [0.1, 0.15) is 17.7 Å². The monoisotopic (exact) mass is 530 g/mol. The summed E-state index contributed by atoms with van der Waals surface area (Å²) in [6.07, 6.45) is -1.06. The Morgan fingerprint density at radius 1 is 1.08 bits per heavy atom. The van der Waals surface area contributed by atoms with Gasteiger partial charge in [0.2, 0.25) is 11.7 Å². The third kappa shape index (κ3) is 4.36. The van der Waals surface area contributed by atoms with Gasteiger partial charge in [0.15, 0.2) is 5.76 Å². The zero-order valence-electron chi connectivity index (χ0n) is 18.5. The smallest absolute Gasteiger partial charge is 0.431 e. The van der Waals surface area contributed by atoms with Crippen LogP contribution in [0.4, 0.5) is 13.2 Å². The minimum atomic E-state index is -4.87. The number of aryl methyl sites for hydroxylation is 1. The lowest BCUT2D eigenvalue weighted by atomic mass is 10.0. The molecule has 0 saturated heterocycles. The molecule has 0 spiro atoms. The molecular formula is C25H15Cl2F3N4O2. The van der Waals surface area contributed by atoms with Crippen molar-refractivity contribution < 1.29 is 22.4 Å². The summed E-state index contributed by atoms with van der Waals surface area (Å²) in [5, 5.41) is 0.702. The molecule has 3 heterocycles. The summed E-state index contributed by atoms with van der Waals surface area (Å²) in [5.41, 5.74) is -0.0377. The van der Waals surface area contributed by atoms with Crippen LogP contribution >= 0.6 is 23.2 Å². The molecule has 6 nitrogen and oxygen atoms in total. The van der Waals surface area contributed by atoms with Crippen molar-refractivity contribution in [3.05, 3.63) is 99.4 Å². The average molecular weight is 531 g/mol. The Hall–Kier alpha value is -3.69. The van der Waals surface area contributed by atoms with Crippen molar-refractivity contribution in [3.8, 4) is 11.6 Å². The number of fused-ring (bicyclic) bond motifs is 1. The maximum absolute atomic E-state index is 14.6. The third-order valence-corrected chi connectivity index (χ3v) is 6.18. The normalized spacial score (nSPS) is 11.8. The Kier molecular flexibility index (Phi) is 6.05. The molecule has 11 heteroatoms. The minimum absolute atomic E-state index is 0.0119. The highest BCUT2D eigenvalue weighted by atomic mass is 35.5. The molecule has 0 bridgehead atoms. The molecule has 0 saturated carbocycles. The van der Waals surface area contributed by atoms with Crippen molar-refractivity contribution in [2.75, 3.05) is 0 Å². The Morgan fingerprint density at radius 2 is 1.89 bits per heavy atom. The van der Waals surface area contributed by atoms with Gasteiger partial charge < -0.3 is 8.98 Å². The number of carbonyl (C=O) groups is 1. The van der Waals surface area contributed by atoms with Gasteiger partial charge >= 0.3 is 6.18 Å². The molecule has 0 atom stereocenters. The van der Waals surface area contributed by atoms with Crippen LogP contribution in [-0.4, -0.2) is 25.3 Å². The first-order valence-electron chi connectivity index (χ1n) is 10.5. The molecule has 0 N–H and O–H groups in total. The Balaban J connectivity index is 1.71. The minimum Gasteiger partial charge on any atom is -0.431 e. The Morgan fingerprint density at radius 3 is 2.58 bits per heavy atom. The fourth-order valence-corrected chi connectivity index (χ4v) is 4.48. The topological polar surface area (TPSA) is 73.8 Å². The second kappa shape index (κ2) is 9.07. The maximum Gasteiger partial charge on any atom is 0.432 e. The van der Waals surface area contributed by atoms with E-state index in [0.717, 1.165) is 10.8 Å². The van der Waals surface area contributed by atoms with Crippen LogP contribution < -0.4 is 0 Å². The zero-order valence-corrected chi connectivity index (χ0v) is 20.0. The molecule has 3 aromatic heterocycles. The maximum atomic E-state index is 14.6. The highest BCUT2D eigenvalue weighted by molar-refractivity contribution is 6.35. The van der Waals surface area contributed by atoms with Crippen molar-refractivity contribution in [3.63, 3.8) is 0 Å². The quantitative estimate of drug-likeness (QED) is 0.229. The number of benzene rings is 2. The molecule has 0 unspecified atom stereocenters. The summed E-state index contributed by atoms with van der Waals surface area (Å²) >= 11 is 12.2. The van der Waals surface area contributed by atoms with Crippen molar-refractivity contribution >= 4 is 39.9 Å². The van der Waals surface area contributed by atoms with Gasteiger partial charge in [-0.05, 0) is 42.8 Å². The van der Waals surface area contributed by atoms with Crippen LogP contribution in [0.5, 0.6) is 0 Å². The van der Waals surface area contributed by atoms with E-state index in [1.807, 2.05) is 0 Å². The molecule has 2 aromatic carbocycles. The van der Waals surface area contributed by atoms with Crippen LogP contribution in [0.2, 0.25) is 10.0 Å². The second-order valence-corrected chi connectivity index (χ2v) is 8.86. The summed E-state index contributed by atoms with van der Waals surface area (Å²) in [7, 11) is 0. The number of ketones is 1. The second-order valence-electron chi connectivity index (χ2n) is 8.02. The van der Waals surface area contributed by atoms with E-state index in [1.54, 1.807) is 37.3 Å². The summed E-state index contributed by atoms with van der Waals surface area (Å²) in [6, 6.07) is 10.8. The van der Waals surface area contributed by atoms with Crippen molar-refractivity contribution in [1.82, 2.24) is 19.5 Å². The lowest BCUT2D eigenvalue weighted by molar-refractivity contribution is -0.143. The highest BCUT2D eigenvalue weighted by Gasteiger charge is 2.42. The van der Waals surface area contributed by atoms with E-state index in [-0.39, 0.29) is 39.8 Å². The number of rotatable bonds is 5. The number of nitrogens with zero attached hydrogens (tertiary/aromatic N) is 4. The van der Waals surface area contributed by atoms with Gasteiger partial charge in [-0.3, -0.25) is 4.79 Å². The fourth-order valence-electron chi connectivity index (χ4n) is 4.02. The van der Waals surface area contributed by atoms with Gasteiger partial charge in [-0.2, -0.15) is 13.2 Å². The van der Waals surface area contributed by atoms with Crippen LogP contribution in [0.15, 0.2) is 65.6 Å². The first-order valence-corrected chi connectivity index (χ1v) is 11.3. The van der Waals surface area contributed by atoms with Crippen LogP contribution in [0.25, 0.3) is 22.5 Å². The summed E-state index contributed by atoms with van der Waals surface area (Å²) < 4.78 is 50.3. The number of carbonyl (C=O) groups excluding carboxylic acids is 1. The molecular weight excluding hydrogens is 516 g/mol. The van der Waals surface area contributed by atoms with E-state index in [4.69, 9.17) is 27.6 Å². The molecule has 0 aliphatic rings. The zero-order chi connectivity index (χ0) is 25.6. The van der Waals surface area contributed by atoms with E-state index < -0.39 is 23.2 Å². The molecule has 36 heavy (non-hydrogen) atoms. The number of alkyl halides is 3. The fraction of sp³-hybridized carbons (Fsp3) is 0.120. The highest BCUT2D eigenvalue weighted by Crippen LogP contribution is 2.41. The predicted molar refractivity (Wildman–Crippen MR) is 128 cm³/mol. The Bertz CT molecular complexity index is 1610. The molecule has 5 aromatic rings. The molecule has 0 aliphatic heterocycles. The van der Waals surface area contributed by atoms with Crippen LogP contribution in [0.1, 0.15) is 32.9 Å². The molecule has 0 aliphatic carbocycles. The largest absolute Gasteiger partial charge is 0.432 e. The summed E-state index contributed by atoms with van der Waals surface area (Å²) in [5.74, 6) is -1.31. The first-order chi connectivity index (χ1) is 17.1. The predicted octanol–water partition coefficient (Wildman–Crippen LogP) is 7.00. The van der Waals surface area contributed by atoms with E-state index in [1.165, 1.54) is 24.7 Å². The molecule has 0 fully saturated rings. The third-order valence-electron chi connectivity index (χ3n) is 5.59.